The molecule has 0 unspecified atom stereocenters. The minimum Gasteiger partial charge on any atom is -0.491 e. The van der Waals surface area contributed by atoms with E-state index in [-0.39, 0.29) is 23.6 Å². The molecule has 3 aliphatic rings. The smallest absolute Gasteiger partial charge is 0.263 e. The van der Waals surface area contributed by atoms with Crippen molar-refractivity contribution in [1.82, 2.24) is 10.3 Å². The number of ether oxygens (including phenoxy) is 2. The molecule has 0 radical (unpaired) electrons. The number of pyridine rings is 1. The summed E-state index contributed by atoms with van der Waals surface area (Å²) in [7, 11) is 0. The third-order valence-electron chi connectivity index (χ3n) is 7.84. The highest BCUT2D eigenvalue weighted by Gasteiger charge is 2.52. The van der Waals surface area contributed by atoms with Crippen LogP contribution in [0.25, 0.3) is 10.2 Å². The van der Waals surface area contributed by atoms with E-state index in [0.717, 1.165) is 59.0 Å². The zero-order valence-electron chi connectivity index (χ0n) is 20.0. The van der Waals surface area contributed by atoms with Crippen molar-refractivity contribution in [1.29, 1.82) is 0 Å². The molecule has 2 fully saturated rings. The zero-order chi connectivity index (χ0) is 24.3. The lowest BCUT2D eigenvalue weighted by atomic mass is 9.85. The van der Waals surface area contributed by atoms with Crippen molar-refractivity contribution in [3.63, 3.8) is 0 Å². The van der Waals surface area contributed by atoms with Crippen molar-refractivity contribution in [2.24, 2.45) is 11.7 Å². The Kier molecular flexibility index (Phi) is 5.39. The summed E-state index contributed by atoms with van der Waals surface area (Å²) in [5, 5.41) is 3.92. The largest absolute Gasteiger partial charge is 0.491 e. The van der Waals surface area contributed by atoms with Gasteiger partial charge in [0.2, 0.25) is 0 Å². The Labute approximate surface area is 208 Å². The highest BCUT2D eigenvalue weighted by atomic mass is 32.1. The fraction of sp³-hybridized carbons (Fsp3) is 0.462. The number of nitrogens with one attached hydrogen (secondary N) is 1. The molecule has 0 aliphatic carbocycles. The molecule has 3 aliphatic heterocycles. The predicted molar refractivity (Wildman–Crippen MR) is 138 cm³/mol. The van der Waals surface area contributed by atoms with Crippen LogP contribution in [-0.4, -0.2) is 54.9 Å². The van der Waals surface area contributed by atoms with Gasteiger partial charge in [0.25, 0.3) is 5.91 Å². The topological polar surface area (TPSA) is 116 Å². The van der Waals surface area contributed by atoms with Crippen molar-refractivity contribution in [3.8, 4) is 5.75 Å². The average molecular weight is 494 g/mol. The molecule has 9 heteroatoms. The van der Waals surface area contributed by atoms with E-state index in [9.17, 15) is 4.79 Å². The second-order valence-electron chi connectivity index (χ2n) is 10.1. The standard InChI is InChI=1S/C26H31N5O3S/c1-14-7-8-34-26(14)13-31(11-21(26)27)18-5-4-16-9-17(12-33-20(16)10-18)30-24(32)23-22(28)19-6-3-15(2)29-25(19)35-23/h3-6,10,14,17,21H,7-9,11-13,27-28H2,1-2H3,(H,30,32)/t14-,17-,21-,26-/m1/s1. The second kappa shape index (κ2) is 8.36. The zero-order valence-corrected chi connectivity index (χ0v) is 20.9. The Hall–Kier alpha value is -2.88. The summed E-state index contributed by atoms with van der Waals surface area (Å²) in [6.07, 6.45) is 1.76. The minimum atomic E-state index is -0.255. The van der Waals surface area contributed by atoms with Crippen molar-refractivity contribution < 1.29 is 14.3 Å². The molecular weight excluding hydrogens is 462 g/mol. The molecule has 1 spiro atoms. The number of hydrogen-bond donors (Lipinski definition) is 3. The van der Waals surface area contributed by atoms with Crippen molar-refractivity contribution in [3.05, 3.63) is 46.5 Å². The minimum absolute atomic E-state index is 0.00278. The number of fused-ring (bicyclic) bond motifs is 2. The third kappa shape index (κ3) is 3.73. The number of nitrogens with zero attached hydrogens (tertiary/aromatic N) is 2. The molecule has 1 aromatic carbocycles. The molecule has 35 heavy (non-hydrogen) atoms. The van der Waals surface area contributed by atoms with E-state index in [1.54, 1.807) is 0 Å². The monoisotopic (exact) mass is 493 g/mol. The predicted octanol–water partition coefficient (Wildman–Crippen LogP) is 2.86. The number of anilines is 2. The van der Waals surface area contributed by atoms with Gasteiger partial charge in [0.15, 0.2) is 0 Å². The van der Waals surface area contributed by atoms with Crippen LogP contribution in [0.4, 0.5) is 11.4 Å². The quantitative estimate of drug-likeness (QED) is 0.514. The Morgan fingerprint density at radius 3 is 2.97 bits per heavy atom. The van der Waals surface area contributed by atoms with E-state index in [2.05, 4.69) is 40.3 Å². The van der Waals surface area contributed by atoms with Crippen LogP contribution < -0.4 is 26.4 Å². The van der Waals surface area contributed by atoms with Gasteiger partial charge in [-0.05, 0) is 49.4 Å². The lowest BCUT2D eigenvalue weighted by Crippen LogP contribution is -2.50. The Balaban J connectivity index is 1.15. The summed E-state index contributed by atoms with van der Waals surface area (Å²) in [6.45, 7) is 6.94. The first-order valence-corrected chi connectivity index (χ1v) is 13.0. The number of aromatic nitrogens is 1. The molecule has 0 saturated carbocycles. The summed E-state index contributed by atoms with van der Waals surface area (Å²) in [5.41, 5.74) is 16.1. The fourth-order valence-corrected chi connectivity index (χ4v) is 6.76. The van der Waals surface area contributed by atoms with Crippen LogP contribution in [0.15, 0.2) is 30.3 Å². The van der Waals surface area contributed by atoms with Gasteiger partial charge in [0.05, 0.1) is 17.8 Å². The number of carbonyl (C=O) groups is 1. The van der Waals surface area contributed by atoms with Crippen LogP contribution in [0.5, 0.6) is 5.75 Å². The van der Waals surface area contributed by atoms with E-state index in [4.69, 9.17) is 20.9 Å². The van der Waals surface area contributed by atoms with Crippen molar-refractivity contribution in [2.45, 2.75) is 44.4 Å². The number of nitrogen functional groups attached to an aromatic ring is 1. The van der Waals surface area contributed by atoms with Gasteiger partial charge in [-0.3, -0.25) is 4.79 Å². The van der Waals surface area contributed by atoms with Gasteiger partial charge in [-0.15, -0.1) is 11.3 Å². The number of carbonyl (C=O) groups excluding carboxylic acids is 1. The van der Waals surface area contributed by atoms with E-state index >= 15 is 0 Å². The molecule has 8 nitrogen and oxygen atoms in total. The van der Waals surface area contributed by atoms with Gasteiger partial charge < -0.3 is 31.2 Å². The van der Waals surface area contributed by atoms with Crippen LogP contribution in [0.3, 0.4) is 0 Å². The van der Waals surface area contributed by atoms with Crippen LogP contribution in [0.2, 0.25) is 0 Å². The van der Waals surface area contributed by atoms with Crippen molar-refractivity contribution >= 4 is 38.8 Å². The molecule has 3 aromatic rings. The van der Waals surface area contributed by atoms with Crippen LogP contribution in [0, 0.1) is 12.8 Å². The number of benzene rings is 1. The van der Waals surface area contributed by atoms with E-state index < -0.39 is 0 Å². The fourth-order valence-electron chi connectivity index (χ4n) is 5.71. The number of aryl methyl sites for hydroxylation is 1. The maximum atomic E-state index is 13.0. The number of rotatable bonds is 3. The molecule has 184 valence electrons. The maximum absolute atomic E-state index is 13.0. The van der Waals surface area contributed by atoms with Gasteiger partial charge in [-0.2, -0.15) is 0 Å². The first-order valence-electron chi connectivity index (χ1n) is 12.2. The lowest BCUT2D eigenvalue weighted by molar-refractivity contribution is -0.0108. The van der Waals surface area contributed by atoms with Gasteiger partial charge in [0.1, 0.15) is 27.7 Å². The van der Waals surface area contributed by atoms with Crippen molar-refractivity contribution in [2.75, 3.05) is 36.9 Å². The van der Waals surface area contributed by atoms with Gasteiger partial charge in [0, 0.05) is 42.5 Å². The van der Waals surface area contributed by atoms with Crippen LogP contribution in [-0.2, 0) is 11.2 Å². The van der Waals surface area contributed by atoms with Gasteiger partial charge in [-0.25, -0.2) is 4.98 Å². The second-order valence-corrected chi connectivity index (χ2v) is 11.1. The van der Waals surface area contributed by atoms with Crippen LogP contribution >= 0.6 is 11.3 Å². The number of hydrogen-bond acceptors (Lipinski definition) is 8. The number of nitrogens with two attached hydrogens (primary N) is 2. The Morgan fingerprint density at radius 2 is 2.17 bits per heavy atom. The highest BCUT2D eigenvalue weighted by Crippen LogP contribution is 2.41. The highest BCUT2D eigenvalue weighted by molar-refractivity contribution is 7.21. The Bertz CT molecular complexity index is 1310. The normalized spacial score (nSPS) is 27.9. The summed E-state index contributed by atoms with van der Waals surface area (Å²) < 4.78 is 12.3. The molecule has 2 aromatic heterocycles. The summed E-state index contributed by atoms with van der Waals surface area (Å²) >= 11 is 1.33. The summed E-state index contributed by atoms with van der Waals surface area (Å²) in [6, 6.07) is 10.0. The summed E-state index contributed by atoms with van der Waals surface area (Å²) in [5.74, 6) is 1.14. The summed E-state index contributed by atoms with van der Waals surface area (Å²) in [4.78, 5) is 21.1. The molecule has 0 bridgehead atoms. The third-order valence-corrected chi connectivity index (χ3v) is 8.95. The number of thiophene rings is 1. The first-order chi connectivity index (χ1) is 16.8. The van der Waals surface area contributed by atoms with E-state index in [1.807, 2.05) is 19.1 Å². The average Bonchev–Trinajstić information content (AvgIpc) is 3.49. The maximum Gasteiger partial charge on any atom is 0.263 e. The molecule has 2 saturated heterocycles. The lowest BCUT2D eigenvalue weighted by Gasteiger charge is -2.32. The Morgan fingerprint density at radius 1 is 1.31 bits per heavy atom. The molecule has 1 amide bonds. The SMILES string of the molecule is Cc1ccc2c(N)c(C(=O)N[C@H]3COc4cc(N5C[C@@H](N)[C@]6(C5)OCC[C@H]6C)ccc4C3)sc2n1. The van der Waals surface area contributed by atoms with E-state index in [1.165, 1.54) is 11.3 Å². The van der Waals surface area contributed by atoms with Gasteiger partial charge >= 0.3 is 0 Å². The number of amides is 1. The molecule has 6 rings (SSSR count). The van der Waals surface area contributed by atoms with Crippen LogP contribution in [0.1, 0.15) is 34.3 Å². The first kappa shape index (κ1) is 22.6. The molecule has 4 atom stereocenters. The molecule has 5 heterocycles. The van der Waals surface area contributed by atoms with E-state index in [0.29, 0.717) is 29.5 Å². The molecular formula is C26H31N5O3S. The molecule has 5 N–H and O–H groups in total. The van der Waals surface area contributed by atoms with Gasteiger partial charge in [-0.1, -0.05) is 13.0 Å².